The predicted octanol–water partition coefficient (Wildman–Crippen LogP) is 3.03. The van der Waals surface area contributed by atoms with Crippen molar-refractivity contribution in [3.8, 4) is 0 Å². The van der Waals surface area contributed by atoms with Gasteiger partial charge in [-0.3, -0.25) is 10.4 Å². The highest BCUT2D eigenvalue weighted by molar-refractivity contribution is 6.01. The molecule has 0 bridgehead atoms. The van der Waals surface area contributed by atoms with Gasteiger partial charge in [-0.2, -0.15) is 18.3 Å². The Kier molecular flexibility index (Phi) is 3.14. The number of anilines is 1. The number of hydrazone groups is 1. The molecule has 0 unspecified atom stereocenters. The van der Waals surface area contributed by atoms with Crippen LogP contribution in [0.3, 0.4) is 0 Å². The molecule has 3 aliphatic rings. The highest BCUT2D eigenvalue weighted by Crippen LogP contribution is 2.51. The Balaban J connectivity index is 1.65. The molecule has 1 spiro atoms. The van der Waals surface area contributed by atoms with Gasteiger partial charge >= 0.3 is 6.18 Å². The average Bonchev–Trinajstić information content (AvgIpc) is 2.44. The third-order valence-electron chi connectivity index (χ3n) is 4.98. The van der Waals surface area contributed by atoms with Crippen LogP contribution in [0.5, 0.6) is 0 Å². The number of aliphatic imine (C=N–C) groups is 1. The van der Waals surface area contributed by atoms with Crippen molar-refractivity contribution in [2.45, 2.75) is 25.4 Å². The summed E-state index contributed by atoms with van der Waals surface area (Å²) in [6.45, 7) is 1.85. The molecule has 1 saturated heterocycles. The van der Waals surface area contributed by atoms with E-state index in [9.17, 15) is 13.2 Å². The van der Waals surface area contributed by atoms with Crippen molar-refractivity contribution in [1.29, 1.82) is 0 Å². The lowest BCUT2D eigenvalue weighted by Gasteiger charge is -2.57. The highest BCUT2D eigenvalue weighted by Gasteiger charge is 2.49. The highest BCUT2D eigenvalue weighted by atomic mass is 19.4. The standard InChI is InChI=1S/C16H17F3N4/c17-16(18,19)12-8-11(14-20-6-7-21-22-14)2-3-13(12)23-9-15(10-23)4-1-5-15/h2-3,7-8H,1,4-6,9-10H2,(H,20,22). The van der Waals surface area contributed by atoms with Crippen molar-refractivity contribution in [3.05, 3.63) is 29.3 Å². The van der Waals surface area contributed by atoms with Gasteiger partial charge in [0.15, 0.2) is 0 Å². The second kappa shape index (κ2) is 4.97. The number of amidine groups is 1. The Hall–Kier alpha value is -2.05. The van der Waals surface area contributed by atoms with Crippen LogP contribution in [0.15, 0.2) is 28.3 Å². The van der Waals surface area contributed by atoms with E-state index < -0.39 is 11.7 Å². The minimum atomic E-state index is -4.38. The van der Waals surface area contributed by atoms with Crippen LogP contribution >= 0.6 is 0 Å². The smallest absolute Gasteiger partial charge is 0.370 e. The lowest BCUT2D eigenvalue weighted by Crippen LogP contribution is -2.60. The number of nitrogens with zero attached hydrogens (tertiary/aromatic N) is 3. The summed E-state index contributed by atoms with van der Waals surface area (Å²) in [5.41, 5.74) is 3.04. The van der Waals surface area contributed by atoms with E-state index in [-0.39, 0.29) is 11.1 Å². The molecule has 2 fully saturated rings. The molecule has 4 rings (SSSR count). The summed E-state index contributed by atoms with van der Waals surface area (Å²) in [6.07, 6.45) is 0.668. The molecule has 1 saturated carbocycles. The zero-order valence-corrected chi connectivity index (χ0v) is 12.5. The summed E-state index contributed by atoms with van der Waals surface area (Å²) in [4.78, 5) is 6.00. The number of halogens is 3. The van der Waals surface area contributed by atoms with Gasteiger partial charge in [0.05, 0.1) is 12.1 Å². The monoisotopic (exact) mass is 322 g/mol. The topological polar surface area (TPSA) is 40.0 Å². The number of alkyl halides is 3. The van der Waals surface area contributed by atoms with Crippen molar-refractivity contribution < 1.29 is 13.2 Å². The second-order valence-corrected chi connectivity index (χ2v) is 6.55. The zero-order chi connectivity index (χ0) is 16.1. The molecule has 122 valence electrons. The van der Waals surface area contributed by atoms with Gasteiger partial charge in [0, 0.05) is 36.0 Å². The van der Waals surface area contributed by atoms with E-state index in [0.29, 0.717) is 17.9 Å². The Labute approximate surface area is 132 Å². The van der Waals surface area contributed by atoms with Crippen molar-refractivity contribution in [2.75, 3.05) is 24.5 Å². The molecule has 4 nitrogen and oxygen atoms in total. The van der Waals surface area contributed by atoms with Crippen LogP contribution in [0.4, 0.5) is 18.9 Å². The summed E-state index contributed by atoms with van der Waals surface area (Å²) >= 11 is 0. The first-order valence-electron chi connectivity index (χ1n) is 7.76. The maximum absolute atomic E-state index is 13.5. The molecule has 7 heteroatoms. The van der Waals surface area contributed by atoms with Gasteiger partial charge in [0.25, 0.3) is 0 Å². The van der Waals surface area contributed by atoms with Gasteiger partial charge in [-0.25, -0.2) is 0 Å². The minimum Gasteiger partial charge on any atom is -0.370 e. The summed E-state index contributed by atoms with van der Waals surface area (Å²) in [7, 11) is 0. The summed E-state index contributed by atoms with van der Waals surface area (Å²) in [5.74, 6) is 0.378. The molecular formula is C16H17F3N4. The van der Waals surface area contributed by atoms with Gasteiger partial charge < -0.3 is 4.90 Å². The van der Waals surface area contributed by atoms with Crippen molar-refractivity contribution in [1.82, 2.24) is 5.43 Å². The van der Waals surface area contributed by atoms with Crippen molar-refractivity contribution in [2.24, 2.45) is 15.5 Å². The fourth-order valence-corrected chi connectivity index (χ4v) is 3.58. The quantitative estimate of drug-likeness (QED) is 0.909. The van der Waals surface area contributed by atoms with Crippen LogP contribution in [0.2, 0.25) is 0 Å². The molecule has 1 aromatic rings. The normalized spacial score (nSPS) is 22.2. The Bertz CT molecular complexity index is 681. The van der Waals surface area contributed by atoms with E-state index in [0.717, 1.165) is 25.9 Å². The molecule has 2 heterocycles. The van der Waals surface area contributed by atoms with E-state index in [1.165, 1.54) is 12.5 Å². The molecule has 2 aliphatic heterocycles. The SMILES string of the molecule is FC(F)(F)c1cc(C2=NCC=NN2)ccc1N1CC2(CCC2)C1. The average molecular weight is 322 g/mol. The third kappa shape index (κ3) is 2.48. The minimum absolute atomic E-state index is 0.277. The number of nitrogens with one attached hydrogen (secondary N) is 1. The molecule has 1 aromatic carbocycles. The van der Waals surface area contributed by atoms with E-state index in [1.54, 1.807) is 18.3 Å². The van der Waals surface area contributed by atoms with Gasteiger partial charge in [-0.05, 0) is 31.0 Å². The molecule has 0 aromatic heterocycles. The van der Waals surface area contributed by atoms with Gasteiger partial charge in [0.1, 0.15) is 5.84 Å². The van der Waals surface area contributed by atoms with E-state index in [2.05, 4.69) is 15.5 Å². The largest absolute Gasteiger partial charge is 0.418 e. The van der Waals surface area contributed by atoms with Crippen LogP contribution in [0, 0.1) is 5.41 Å². The van der Waals surface area contributed by atoms with Crippen LogP contribution in [-0.4, -0.2) is 31.7 Å². The predicted molar refractivity (Wildman–Crippen MR) is 83.0 cm³/mol. The number of hydrogen-bond donors (Lipinski definition) is 1. The maximum Gasteiger partial charge on any atom is 0.418 e. The molecule has 23 heavy (non-hydrogen) atoms. The third-order valence-corrected chi connectivity index (χ3v) is 4.98. The van der Waals surface area contributed by atoms with Crippen LogP contribution < -0.4 is 10.3 Å². The molecular weight excluding hydrogens is 305 g/mol. The first-order chi connectivity index (χ1) is 11.0. The van der Waals surface area contributed by atoms with Crippen molar-refractivity contribution in [3.63, 3.8) is 0 Å². The second-order valence-electron chi connectivity index (χ2n) is 6.55. The molecule has 0 amide bonds. The zero-order valence-electron chi connectivity index (χ0n) is 12.5. The first kappa shape index (κ1) is 14.5. The number of rotatable bonds is 2. The molecule has 1 aliphatic carbocycles. The Morgan fingerprint density at radius 2 is 1.96 bits per heavy atom. The van der Waals surface area contributed by atoms with E-state index >= 15 is 0 Å². The Morgan fingerprint density at radius 1 is 1.17 bits per heavy atom. The number of benzene rings is 1. The van der Waals surface area contributed by atoms with Crippen molar-refractivity contribution >= 4 is 17.7 Å². The Morgan fingerprint density at radius 3 is 2.52 bits per heavy atom. The first-order valence-corrected chi connectivity index (χ1v) is 7.76. The van der Waals surface area contributed by atoms with E-state index in [4.69, 9.17) is 0 Å². The van der Waals surface area contributed by atoms with Gasteiger partial charge in [-0.15, -0.1) is 0 Å². The molecule has 0 atom stereocenters. The maximum atomic E-state index is 13.5. The van der Waals surface area contributed by atoms with E-state index in [1.807, 2.05) is 4.90 Å². The fraction of sp³-hybridized carbons (Fsp3) is 0.500. The van der Waals surface area contributed by atoms with Gasteiger partial charge in [-0.1, -0.05) is 6.42 Å². The fourth-order valence-electron chi connectivity index (χ4n) is 3.58. The number of hydrogen-bond acceptors (Lipinski definition) is 4. The molecule has 0 radical (unpaired) electrons. The van der Waals surface area contributed by atoms with Gasteiger partial charge in [0.2, 0.25) is 0 Å². The summed E-state index contributed by atoms with van der Waals surface area (Å²) in [5, 5.41) is 3.85. The lowest BCUT2D eigenvalue weighted by molar-refractivity contribution is -0.137. The summed E-state index contributed by atoms with van der Waals surface area (Å²) < 4.78 is 40.5. The summed E-state index contributed by atoms with van der Waals surface area (Å²) in [6, 6.07) is 4.42. The van der Waals surface area contributed by atoms with Crippen LogP contribution in [0.25, 0.3) is 0 Å². The molecule has 1 N–H and O–H groups in total. The van der Waals surface area contributed by atoms with Crippen LogP contribution in [0.1, 0.15) is 30.4 Å². The van der Waals surface area contributed by atoms with Crippen LogP contribution in [-0.2, 0) is 6.18 Å². The lowest BCUT2D eigenvalue weighted by atomic mass is 9.63.